The maximum Gasteiger partial charge on any atom is 0.317 e. The van der Waals surface area contributed by atoms with E-state index < -0.39 is 11.9 Å². The second kappa shape index (κ2) is 8.46. The third kappa shape index (κ3) is 4.54. The van der Waals surface area contributed by atoms with Gasteiger partial charge in [-0.3, -0.25) is 4.79 Å². The molecule has 1 aliphatic rings. The molecule has 1 atom stereocenters. The van der Waals surface area contributed by atoms with Gasteiger partial charge in [-0.25, -0.2) is 9.18 Å². The van der Waals surface area contributed by atoms with E-state index in [0.29, 0.717) is 41.6 Å². The van der Waals surface area contributed by atoms with Crippen molar-refractivity contribution in [2.24, 2.45) is 0 Å². The topological polar surface area (TPSA) is 52.7 Å². The molecule has 0 spiro atoms. The maximum absolute atomic E-state index is 13.7. The third-order valence-corrected chi connectivity index (χ3v) is 5.91. The minimum Gasteiger partial charge on any atom is -0.334 e. The van der Waals surface area contributed by atoms with Crippen LogP contribution < -0.4 is 5.32 Å². The predicted molar refractivity (Wildman–Crippen MR) is 105 cm³/mol. The van der Waals surface area contributed by atoms with Gasteiger partial charge in [0.05, 0.1) is 15.9 Å². The lowest BCUT2D eigenvalue weighted by Crippen LogP contribution is -2.53. The molecule has 0 radical (unpaired) electrons. The van der Waals surface area contributed by atoms with Crippen molar-refractivity contribution in [1.82, 2.24) is 15.1 Å². The Morgan fingerprint density at radius 3 is 2.44 bits per heavy atom. The Hall–Kier alpha value is -1.83. The number of carbonyl (C=O) groups is 2. The van der Waals surface area contributed by atoms with Gasteiger partial charge in [-0.05, 0) is 36.1 Å². The zero-order chi connectivity index (χ0) is 19.6. The van der Waals surface area contributed by atoms with Gasteiger partial charge in [0, 0.05) is 31.2 Å². The molecular weight excluding hydrogens is 412 g/mol. The Kier molecular flexibility index (Phi) is 6.24. The van der Waals surface area contributed by atoms with Crippen LogP contribution in [0.4, 0.5) is 9.18 Å². The summed E-state index contributed by atoms with van der Waals surface area (Å²) < 4.78 is 13.7. The van der Waals surface area contributed by atoms with Crippen LogP contribution in [-0.4, -0.2) is 47.9 Å². The highest BCUT2D eigenvalue weighted by Crippen LogP contribution is 2.28. The van der Waals surface area contributed by atoms with Gasteiger partial charge in [0.15, 0.2) is 0 Å². The molecule has 144 valence electrons. The number of piperazine rings is 1. The molecule has 5 nitrogen and oxygen atoms in total. The summed E-state index contributed by atoms with van der Waals surface area (Å²) in [6.07, 6.45) is 0. The smallest absolute Gasteiger partial charge is 0.317 e. The number of hydrogen-bond acceptors (Lipinski definition) is 3. The highest BCUT2D eigenvalue weighted by molar-refractivity contribution is 7.12. The van der Waals surface area contributed by atoms with E-state index >= 15 is 0 Å². The Morgan fingerprint density at radius 2 is 1.81 bits per heavy atom. The number of urea groups is 1. The van der Waals surface area contributed by atoms with E-state index in [1.165, 1.54) is 23.5 Å². The number of hydrogen-bond donors (Lipinski definition) is 1. The molecule has 0 aliphatic carbocycles. The van der Waals surface area contributed by atoms with E-state index in [1.807, 2.05) is 11.4 Å². The first-order valence-corrected chi connectivity index (χ1v) is 10.0. The number of amides is 3. The summed E-state index contributed by atoms with van der Waals surface area (Å²) >= 11 is 13.2. The summed E-state index contributed by atoms with van der Waals surface area (Å²) in [6.45, 7) is 3.52. The van der Waals surface area contributed by atoms with Gasteiger partial charge in [0.25, 0.3) is 5.91 Å². The van der Waals surface area contributed by atoms with E-state index in [2.05, 4.69) is 5.32 Å². The molecule has 2 aromatic rings. The van der Waals surface area contributed by atoms with Crippen LogP contribution in [0.1, 0.15) is 28.2 Å². The molecule has 9 heteroatoms. The van der Waals surface area contributed by atoms with Crippen molar-refractivity contribution in [1.29, 1.82) is 0 Å². The van der Waals surface area contributed by atoms with Gasteiger partial charge >= 0.3 is 6.03 Å². The first-order chi connectivity index (χ1) is 12.9. The van der Waals surface area contributed by atoms with Gasteiger partial charge in [-0.2, -0.15) is 0 Å². The molecule has 3 rings (SSSR count). The second-order valence-corrected chi connectivity index (χ2v) is 7.98. The lowest BCUT2D eigenvalue weighted by molar-refractivity contribution is 0.0668. The first kappa shape index (κ1) is 19.9. The van der Waals surface area contributed by atoms with E-state index in [-0.39, 0.29) is 17.0 Å². The zero-order valence-corrected chi connectivity index (χ0v) is 16.9. The van der Waals surface area contributed by atoms with Crippen molar-refractivity contribution in [2.75, 3.05) is 26.2 Å². The summed E-state index contributed by atoms with van der Waals surface area (Å²) in [5.41, 5.74) is 0.457. The molecule has 1 aliphatic heterocycles. The van der Waals surface area contributed by atoms with Crippen LogP contribution in [0.5, 0.6) is 0 Å². The number of nitrogens with one attached hydrogen (secondary N) is 1. The molecule has 27 heavy (non-hydrogen) atoms. The lowest BCUT2D eigenvalue weighted by atomic mass is 10.1. The highest BCUT2D eigenvalue weighted by atomic mass is 35.5. The molecule has 0 saturated carbocycles. The summed E-state index contributed by atoms with van der Waals surface area (Å²) in [5, 5.41) is 4.91. The van der Waals surface area contributed by atoms with E-state index in [9.17, 15) is 14.0 Å². The van der Waals surface area contributed by atoms with Crippen LogP contribution >= 0.6 is 34.5 Å². The second-order valence-electron chi connectivity index (χ2n) is 6.22. The number of thiophene rings is 1. The highest BCUT2D eigenvalue weighted by Gasteiger charge is 2.26. The van der Waals surface area contributed by atoms with Crippen molar-refractivity contribution < 1.29 is 14.0 Å². The van der Waals surface area contributed by atoms with E-state index in [1.54, 1.807) is 22.8 Å². The quantitative estimate of drug-likeness (QED) is 0.733. The largest absolute Gasteiger partial charge is 0.334 e. The average Bonchev–Trinajstić information content (AvgIpc) is 3.18. The summed E-state index contributed by atoms with van der Waals surface area (Å²) in [4.78, 5) is 28.9. The Labute approximate surface area is 170 Å². The molecule has 3 amide bonds. The first-order valence-electron chi connectivity index (χ1n) is 8.39. The molecule has 1 unspecified atom stereocenters. The number of carbonyl (C=O) groups excluding carboxylic acids is 2. The molecule has 0 bridgehead atoms. The maximum atomic E-state index is 13.7. The van der Waals surface area contributed by atoms with Crippen LogP contribution in [0, 0.1) is 5.82 Å². The molecule has 1 saturated heterocycles. The van der Waals surface area contributed by atoms with Crippen molar-refractivity contribution in [2.45, 2.75) is 13.0 Å². The van der Waals surface area contributed by atoms with Crippen molar-refractivity contribution in [3.05, 3.63) is 55.9 Å². The number of rotatable bonds is 3. The van der Waals surface area contributed by atoms with Gasteiger partial charge < -0.3 is 15.1 Å². The van der Waals surface area contributed by atoms with Crippen LogP contribution in [0.25, 0.3) is 0 Å². The summed E-state index contributed by atoms with van der Waals surface area (Å²) in [5.74, 6) is -0.597. The monoisotopic (exact) mass is 429 g/mol. The SMILES string of the molecule is CC(NC(=O)N1CCN(C(=O)c2cccs2)CC1)c1cc(F)c(Cl)cc1Cl. The van der Waals surface area contributed by atoms with Crippen molar-refractivity contribution >= 4 is 46.5 Å². The number of benzene rings is 1. The summed E-state index contributed by atoms with van der Waals surface area (Å²) in [6, 6.07) is 5.43. The van der Waals surface area contributed by atoms with Crippen LogP contribution in [0.2, 0.25) is 10.0 Å². The van der Waals surface area contributed by atoms with Gasteiger partial charge in [-0.15, -0.1) is 11.3 Å². The van der Waals surface area contributed by atoms with Crippen molar-refractivity contribution in [3.63, 3.8) is 0 Å². The minimum atomic E-state index is -0.585. The van der Waals surface area contributed by atoms with Crippen LogP contribution in [0.15, 0.2) is 29.6 Å². The van der Waals surface area contributed by atoms with Gasteiger partial charge in [0.1, 0.15) is 5.82 Å². The fraction of sp³-hybridized carbons (Fsp3) is 0.333. The van der Waals surface area contributed by atoms with Gasteiger partial charge in [0.2, 0.25) is 0 Å². The Bertz CT molecular complexity index is 839. The molecule has 1 N–H and O–H groups in total. The normalized spacial score (nSPS) is 15.6. The molecule has 1 fully saturated rings. The predicted octanol–water partition coefficient (Wildman–Crippen LogP) is 4.42. The summed E-state index contributed by atoms with van der Waals surface area (Å²) in [7, 11) is 0. The van der Waals surface area contributed by atoms with Crippen LogP contribution in [0.3, 0.4) is 0 Å². The van der Waals surface area contributed by atoms with E-state index in [0.717, 1.165) is 0 Å². The molecule has 1 aromatic carbocycles. The van der Waals surface area contributed by atoms with E-state index in [4.69, 9.17) is 23.2 Å². The van der Waals surface area contributed by atoms with Gasteiger partial charge in [-0.1, -0.05) is 29.3 Å². The lowest BCUT2D eigenvalue weighted by Gasteiger charge is -2.35. The fourth-order valence-electron chi connectivity index (χ4n) is 2.89. The average molecular weight is 430 g/mol. The molecule has 1 aromatic heterocycles. The minimum absolute atomic E-state index is 0.0122. The number of halogens is 3. The standard InChI is InChI=1S/C18H18Cl2FN3O2S/c1-11(12-9-15(21)14(20)10-13(12)19)22-18(26)24-6-4-23(5-7-24)17(25)16-3-2-8-27-16/h2-3,8-11H,4-7H2,1H3,(H,22,26). The zero-order valence-electron chi connectivity index (χ0n) is 14.5. The fourth-order valence-corrected chi connectivity index (χ4v) is 4.13. The number of nitrogens with zero attached hydrogens (tertiary/aromatic N) is 2. The van der Waals surface area contributed by atoms with Crippen molar-refractivity contribution in [3.8, 4) is 0 Å². The Morgan fingerprint density at radius 1 is 1.15 bits per heavy atom. The Balaban J connectivity index is 1.57. The molecule has 2 heterocycles. The van der Waals surface area contributed by atoms with Crippen LogP contribution in [-0.2, 0) is 0 Å². The molecular formula is C18H18Cl2FN3O2S. The third-order valence-electron chi connectivity index (χ3n) is 4.43.